The number of benzene rings is 2. The lowest BCUT2D eigenvalue weighted by Crippen LogP contribution is -2.10. The summed E-state index contributed by atoms with van der Waals surface area (Å²) in [6, 6.07) is 9.89. The maximum Gasteiger partial charge on any atom is 0.154 e. The molecule has 0 saturated heterocycles. The largest absolute Gasteiger partial charge is 0.494 e. The van der Waals surface area contributed by atoms with Crippen LogP contribution in [0, 0.1) is 5.41 Å². The number of amidine groups is 2. The van der Waals surface area contributed by atoms with Gasteiger partial charge >= 0.3 is 0 Å². The summed E-state index contributed by atoms with van der Waals surface area (Å²) in [6.07, 6.45) is 0.983. The summed E-state index contributed by atoms with van der Waals surface area (Å²) >= 11 is 0. The van der Waals surface area contributed by atoms with Crippen LogP contribution in [0.2, 0.25) is 0 Å². The van der Waals surface area contributed by atoms with Crippen LogP contribution >= 0.6 is 0 Å². The fourth-order valence-corrected chi connectivity index (χ4v) is 2.23. The number of nitrogens with two attached hydrogens (primary N) is 1. The van der Waals surface area contributed by atoms with Crippen molar-refractivity contribution in [2.45, 2.75) is 13.3 Å². The molecule has 2 aromatic rings. The molecule has 1 heterocycles. The average molecular weight is 253 g/mol. The molecule has 0 aliphatic carbocycles. The van der Waals surface area contributed by atoms with Crippen LogP contribution in [-0.2, 0) is 0 Å². The Morgan fingerprint density at radius 1 is 1.16 bits per heavy atom. The summed E-state index contributed by atoms with van der Waals surface area (Å²) in [5.41, 5.74) is 7.44. The first kappa shape index (κ1) is 11.7. The van der Waals surface area contributed by atoms with Crippen LogP contribution in [-0.4, -0.2) is 18.3 Å². The lowest BCUT2D eigenvalue weighted by atomic mass is 10.0. The number of rotatable bonds is 3. The summed E-state index contributed by atoms with van der Waals surface area (Å²) in [4.78, 5) is 4.00. The highest BCUT2D eigenvalue weighted by atomic mass is 16.5. The van der Waals surface area contributed by atoms with Gasteiger partial charge in [-0.1, -0.05) is 13.0 Å². The third kappa shape index (κ3) is 1.95. The van der Waals surface area contributed by atoms with Gasteiger partial charge in [0, 0.05) is 11.1 Å². The van der Waals surface area contributed by atoms with E-state index < -0.39 is 0 Å². The standard InChI is InChI=1S/C15H15N3O/c1-2-5-19-11-4-3-9-7-12-13(8-10(9)6-11)15(17)18-14(12)16/h3-4,6-8H,2,5H2,1H3,(H3,16,17,18). The van der Waals surface area contributed by atoms with Gasteiger partial charge < -0.3 is 10.5 Å². The Hall–Kier alpha value is -2.36. The monoisotopic (exact) mass is 253 g/mol. The Morgan fingerprint density at radius 3 is 2.74 bits per heavy atom. The highest BCUT2D eigenvalue weighted by molar-refractivity contribution is 6.22. The van der Waals surface area contributed by atoms with E-state index in [9.17, 15) is 0 Å². The third-order valence-electron chi connectivity index (χ3n) is 3.18. The zero-order chi connectivity index (χ0) is 13.4. The van der Waals surface area contributed by atoms with Gasteiger partial charge in [-0.15, -0.1) is 0 Å². The molecule has 19 heavy (non-hydrogen) atoms. The van der Waals surface area contributed by atoms with E-state index in [1.807, 2.05) is 30.3 Å². The van der Waals surface area contributed by atoms with Crippen LogP contribution in [0.4, 0.5) is 0 Å². The number of hydrogen-bond acceptors (Lipinski definition) is 3. The molecule has 0 aromatic heterocycles. The predicted octanol–water partition coefficient (Wildman–Crippen LogP) is 2.67. The Labute approximate surface area is 111 Å². The van der Waals surface area contributed by atoms with Gasteiger partial charge in [0.2, 0.25) is 0 Å². The highest BCUT2D eigenvalue weighted by Crippen LogP contribution is 2.27. The number of aliphatic imine (C=N–C) groups is 1. The molecule has 0 saturated carbocycles. The number of hydrogen-bond donors (Lipinski definition) is 2. The van der Waals surface area contributed by atoms with Gasteiger partial charge in [0.25, 0.3) is 0 Å². The van der Waals surface area contributed by atoms with Gasteiger partial charge in [-0.05, 0) is 41.5 Å². The van der Waals surface area contributed by atoms with Crippen LogP contribution in [0.25, 0.3) is 10.8 Å². The number of fused-ring (bicyclic) bond motifs is 2. The summed E-state index contributed by atoms with van der Waals surface area (Å²) in [6.45, 7) is 2.79. The molecule has 0 bridgehead atoms. The summed E-state index contributed by atoms with van der Waals surface area (Å²) in [5, 5.41) is 9.92. The molecule has 0 amide bonds. The molecule has 3 rings (SSSR count). The van der Waals surface area contributed by atoms with E-state index in [0.717, 1.165) is 34.1 Å². The maximum absolute atomic E-state index is 7.80. The second kappa shape index (κ2) is 4.39. The van der Waals surface area contributed by atoms with Crippen molar-refractivity contribution in [1.29, 1.82) is 5.41 Å². The molecule has 0 atom stereocenters. The first-order valence-electron chi connectivity index (χ1n) is 6.33. The SMILES string of the molecule is CCCOc1ccc2cc3c(cc2c1)C(=N)N=C3N. The Bertz CT molecular complexity index is 704. The molecule has 2 aromatic carbocycles. The van der Waals surface area contributed by atoms with Crippen molar-refractivity contribution in [3.05, 3.63) is 41.5 Å². The quantitative estimate of drug-likeness (QED) is 0.882. The predicted molar refractivity (Wildman–Crippen MR) is 77.3 cm³/mol. The van der Waals surface area contributed by atoms with Crippen molar-refractivity contribution in [2.24, 2.45) is 10.7 Å². The molecule has 1 aliphatic rings. The fourth-order valence-electron chi connectivity index (χ4n) is 2.23. The van der Waals surface area contributed by atoms with Crippen molar-refractivity contribution in [3.8, 4) is 5.75 Å². The molecule has 1 aliphatic heterocycles. The molecule has 0 spiro atoms. The topological polar surface area (TPSA) is 71.5 Å². The van der Waals surface area contributed by atoms with Gasteiger partial charge in [0.05, 0.1) is 6.61 Å². The molecular formula is C15H15N3O. The molecule has 96 valence electrons. The smallest absolute Gasteiger partial charge is 0.154 e. The third-order valence-corrected chi connectivity index (χ3v) is 3.18. The van der Waals surface area contributed by atoms with Crippen LogP contribution in [0.1, 0.15) is 24.5 Å². The fraction of sp³-hybridized carbons (Fsp3) is 0.200. The molecule has 0 radical (unpaired) electrons. The van der Waals surface area contributed by atoms with Crippen molar-refractivity contribution in [1.82, 2.24) is 0 Å². The molecule has 3 N–H and O–H groups in total. The van der Waals surface area contributed by atoms with Gasteiger partial charge in [-0.3, -0.25) is 5.41 Å². The van der Waals surface area contributed by atoms with E-state index in [-0.39, 0.29) is 5.84 Å². The Balaban J connectivity index is 2.09. The number of ether oxygens (including phenoxy) is 1. The summed E-state index contributed by atoms with van der Waals surface area (Å²) in [7, 11) is 0. The first-order valence-corrected chi connectivity index (χ1v) is 6.33. The second-order valence-corrected chi connectivity index (χ2v) is 4.60. The minimum atomic E-state index is 0.231. The van der Waals surface area contributed by atoms with Gasteiger partial charge in [0.15, 0.2) is 5.84 Å². The van der Waals surface area contributed by atoms with Gasteiger partial charge in [-0.2, -0.15) is 0 Å². The van der Waals surface area contributed by atoms with Crippen molar-refractivity contribution in [2.75, 3.05) is 6.61 Å². The lowest BCUT2D eigenvalue weighted by molar-refractivity contribution is 0.318. The highest BCUT2D eigenvalue weighted by Gasteiger charge is 2.18. The van der Waals surface area contributed by atoms with Crippen LogP contribution in [0.15, 0.2) is 35.3 Å². The van der Waals surface area contributed by atoms with E-state index in [2.05, 4.69) is 11.9 Å². The minimum absolute atomic E-state index is 0.231. The van der Waals surface area contributed by atoms with Crippen LogP contribution < -0.4 is 10.5 Å². The average Bonchev–Trinajstić information content (AvgIpc) is 2.69. The molecule has 0 unspecified atom stereocenters. The van der Waals surface area contributed by atoms with E-state index in [4.69, 9.17) is 15.9 Å². The maximum atomic E-state index is 7.80. The number of nitrogens with one attached hydrogen (secondary N) is 1. The van der Waals surface area contributed by atoms with Crippen molar-refractivity contribution < 1.29 is 4.74 Å². The first-order chi connectivity index (χ1) is 9.19. The van der Waals surface area contributed by atoms with E-state index in [1.54, 1.807) is 0 Å². The zero-order valence-electron chi connectivity index (χ0n) is 10.7. The van der Waals surface area contributed by atoms with Crippen LogP contribution in [0.3, 0.4) is 0 Å². The Kier molecular flexibility index (Phi) is 2.71. The van der Waals surface area contributed by atoms with E-state index in [0.29, 0.717) is 12.4 Å². The summed E-state index contributed by atoms with van der Waals surface area (Å²) in [5.74, 6) is 1.51. The van der Waals surface area contributed by atoms with E-state index >= 15 is 0 Å². The van der Waals surface area contributed by atoms with Gasteiger partial charge in [-0.25, -0.2) is 4.99 Å². The zero-order valence-corrected chi connectivity index (χ0v) is 10.7. The van der Waals surface area contributed by atoms with Gasteiger partial charge in [0.1, 0.15) is 11.6 Å². The van der Waals surface area contributed by atoms with Crippen LogP contribution in [0.5, 0.6) is 5.75 Å². The van der Waals surface area contributed by atoms with Crippen molar-refractivity contribution >= 4 is 22.4 Å². The van der Waals surface area contributed by atoms with Crippen molar-refractivity contribution in [3.63, 3.8) is 0 Å². The Morgan fingerprint density at radius 2 is 1.95 bits per heavy atom. The minimum Gasteiger partial charge on any atom is -0.494 e. The normalized spacial score (nSPS) is 13.5. The number of nitrogens with zero attached hydrogens (tertiary/aromatic N) is 1. The second-order valence-electron chi connectivity index (χ2n) is 4.60. The molecule has 4 nitrogen and oxygen atoms in total. The summed E-state index contributed by atoms with van der Waals surface area (Å²) < 4.78 is 5.62. The lowest BCUT2D eigenvalue weighted by Gasteiger charge is -2.07. The molecule has 0 fully saturated rings. The van der Waals surface area contributed by atoms with E-state index in [1.165, 1.54) is 0 Å². The molecule has 4 heteroatoms. The molecular weight excluding hydrogens is 238 g/mol.